The zero-order chi connectivity index (χ0) is 15.8. The van der Waals surface area contributed by atoms with Gasteiger partial charge < -0.3 is 4.52 Å². The maximum atomic E-state index is 13.1. The number of hydrogen-bond donors (Lipinski definition) is 0. The molecule has 4 rings (SSSR count). The van der Waals surface area contributed by atoms with E-state index >= 15 is 0 Å². The summed E-state index contributed by atoms with van der Waals surface area (Å²) in [7, 11) is 0. The van der Waals surface area contributed by atoms with Gasteiger partial charge in [-0.3, -0.25) is 4.98 Å². The molecule has 0 unspecified atom stereocenters. The van der Waals surface area contributed by atoms with Crippen molar-refractivity contribution in [2.45, 2.75) is 0 Å². The van der Waals surface area contributed by atoms with E-state index in [2.05, 4.69) is 10.1 Å². The van der Waals surface area contributed by atoms with Crippen molar-refractivity contribution in [2.24, 2.45) is 0 Å². The minimum atomic E-state index is -0.288. The van der Waals surface area contributed by atoms with Gasteiger partial charge in [-0.1, -0.05) is 28.9 Å². The van der Waals surface area contributed by atoms with Gasteiger partial charge >= 0.3 is 0 Å². The van der Waals surface area contributed by atoms with E-state index in [-0.39, 0.29) is 5.82 Å². The van der Waals surface area contributed by atoms with Crippen LogP contribution in [0, 0.1) is 5.82 Å². The summed E-state index contributed by atoms with van der Waals surface area (Å²) in [5, 5.41) is 5.58. The van der Waals surface area contributed by atoms with Gasteiger partial charge in [0.2, 0.25) is 0 Å². The molecule has 0 aliphatic heterocycles. The molecule has 0 radical (unpaired) electrons. The second kappa shape index (κ2) is 5.48. The lowest BCUT2D eigenvalue weighted by molar-refractivity contribution is 0.460. The normalized spacial score (nSPS) is 11.0. The van der Waals surface area contributed by atoms with Gasteiger partial charge in [0, 0.05) is 29.1 Å². The summed E-state index contributed by atoms with van der Waals surface area (Å²) in [5.41, 5.74) is 3.69. The van der Waals surface area contributed by atoms with Crippen LogP contribution in [0.5, 0.6) is 0 Å². The zero-order valence-corrected chi connectivity index (χ0v) is 12.6. The van der Waals surface area contributed by atoms with Gasteiger partial charge in [0.25, 0.3) is 0 Å². The molecule has 23 heavy (non-hydrogen) atoms. The van der Waals surface area contributed by atoms with E-state index in [1.54, 1.807) is 30.6 Å². The van der Waals surface area contributed by atoms with Crippen LogP contribution in [-0.4, -0.2) is 10.1 Å². The van der Waals surface area contributed by atoms with Crippen molar-refractivity contribution in [1.29, 1.82) is 0 Å². The van der Waals surface area contributed by atoms with Crippen LogP contribution in [0.4, 0.5) is 4.39 Å². The number of rotatable bonds is 2. The first kappa shape index (κ1) is 13.9. The topological polar surface area (TPSA) is 38.9 Å². The molecule has 5 heteroatoms. The third kappa shape index (κ3) is 2.37. The van der Waals surface area contributed by atoms with Gasteiger partial charge in [-0.2, -0.15) is 0 Å². The highest BCUT2D eigenvalue weighted by atomic mass is 35.5. The van der Waals surface area contributed by atoms with Crippen LogP contribution in [0.2, 0.25) is 5.02 Å². The van der Waals surface area contributed by atoms with Gasteiger partial charge in [0.05, 0.1) is 10.4 Å². The second-order valence-corrected chi connectivity index (χ2v) is 5.48. The van der Waals surface area contributed by atoms with Crippen LogP contribution in [0.3, 0.4) is 0 Å². The number of para-hydroxylation sites is 1. The molecular formula is C18H10ClFN2O. The van der Waals surface area contributed by atoms with E-state index in [0.29, 0.717) is 16.3 Å². The molecule has 112 valence electrons. The summed E-state index contributed by atoms with van der Waals surface area (Å²) in [4.78, 5) is 4.12. The van der Waals surface area contributed by atoms with Crippen molar-refractivity contribution in [1.82, 2.24) is 10.1 Å². The van der Waals surface area contributed by atoms with Gasteiger partial charge in [0.15, 0.2) is 5.58 Å². The first-order valence-electron chi connectivity index (χ1n) is 6.98. The summed E-state index contributed by atoms with van der Waals surface area (Å²) in [6, 6.07) is 13.6. The Morgan fingerprint density at radius 2 is 1.78 bits per heavy atom. The minimum Gasteiger partial charge on any atom is -0.355 e. The Kier molecular flexibility index (Phi) is 3.32. The number of fused-ring (bicyclic) bond motifs is 1. The van der Waals surface area contributed by atoms with Gasteiger partial charge in [-0.05, 0) is 36.4 Å². The number of halogens is 2. The van der Waals surface area contributed by atoms with Crippen molar-refractivity contribution in [3.05, 3.63) is 71.8 Å². The van der Waals surface area contributed by atoms with Crippen molar-refractivity contribution in [3.63, 3.8) is 0 Å². The largest absolute Gasteiger partial charge is 0.355 e. The van der Waals surface area contributed by atoms with Crippen LogP contribution in [-0.2, 0) is 0 Å². The number of aromatic nitrogens is 2. The molecule has 2 aromatic carbocycles. The van der Waals surface area contributed by atoms with Crippen LogP contribution in [0.1, 0.15) is 0 Å². The third-order valence-corrected chi connectivity index (χ3v) is 4.00. The highest BCUT2D eigenvalue weighted by Crippen LogP contribution is 2.36. The number of benzene rings is 2. The fourth-order valence-corrected chi connectivity index (χ4v) is 2.77. The molecule has 2 aromatic heterocycles. The Balaban J connectivity index is 1.94. The number of hydrogen-bond acceptors (Lipinski definition) is 3. The molecule has 0 saturated heterocycles. The molecule has 2 heterocycles. The average molecular weight is 325 g/mol. The Morgan fingerprint density at radius 1 is 0.957 bits per heavy atom. The standard InChI is InChI=1S/C18H10ClFN2O/c19-16-8-9-21-10-15(16)13-2-1-3-14-17(22-23-18(13)14)11-4-6-12(20)7-5-11/h1-10H. The van der Waals surface area contributed by atoms with Crippen molar-refractivity contribution >= 4 is 22.6 Å². The van der Waals surface area contributed by atoms with Gasteiger partial charge in [-0.25, -0.2) is 4.39 Å². The summed E-state index contributed by atoms with van der Waals surface area (Å²) in [6.07, 6.45) is 3.33. The fourth-order valence-electron chi connectivity index (χ4n) is 2.57. The molecule has 0 aliphatic rings. The molecule has 0 fully saturated rings. The molecule has 3 nitrogen and oxygen atoms in total. The number of pyridine rings is 1. The van der Waals surface area contributed by atoms with E-state index in [9.17, 15) is 4.39 Å². The molecule has 0 amide bonds. The lowest BCUT2D eigenvalue weighted by atomic mass is 10.0. The Bertz CT molecular complexity index is 996. The van der Waals surface area contributed by atoms with Gasteiger partial charge in [-0.15, -0.1) is 0 Å². The zero-order valence-electron chi connectivity index (χ0n) is 11.8. The monoisotopic (exact) mass is 324 g/mol. The highest BCUT2D eigenvalue weighted by Gasteiger charge is 2.16. The number of nitrogens with zero attached hydrogens (tertiary/aromatic N) is 2. The van der Waals surface area contributed by atoms with E-state index in [0.717, 1.165) is 22.1 Å². The van der Waals surface area contributed by atoms with Crippen LogP contribution < -0.4 is 0 Å². The molecule has 0 atom stereocenters. The minimum absolute atomic E-state index is 0.288. The SMILES string of the molecule is Fc1ccc(-c2noc3c(-c4cnccc4Cl)cccc23)cc1. The quantitative estimate of drug-likeness (QED) is 0.499. The van der Waals surface area contributed by atoms with Gasteiger partial charge in [0.1, 0.15) is 11.5 Å². The van der Waals surface area contributed by atoms with Crippen molar-refractivity contribution in [2.75, 3.05) is 0 Å². The maximum Gasteiger partial charge on any atom is 0.175 e. The second-order valence-electron chi connectivity index (χ2n) is 5.08. The summed E-state index contributed by atoms with van der Waals surface area (Å²) in [5.74, 6) is -0.288. The molecule has 0 aliphatic carbocycles. The maximum absolute atomic E-state index is 13.1. The lowest BCUT2D eigenvalue weighted by Gasteiger charge is -2.03. The Labute approximate surface area is 136 Å². The van der Waals surface area contributed by atoms with Crippen molar-refractivity contribution in [3.8, 4) is 22.4 Å². The fraction of sp³-hybridized carbons (Fsp3) is 0. The third-order valence-electron chi connectivity index (χ3n) is 3.67. The first-order valence-corrected chi connectivity index (χ1v) is 7.36. The predicted molar refractivity (Wildman–Crippen MR) is 87.6 cm³/mol. The van der Waals surface area contributed by atoms with E-state index in [1.165, 1.54) is 12.1 Å². The van der Waals surface area contributed by atoms with E-state index in [1.807, 2.05) is 18.2 Å². The van der Waals surface area contributed by atoms with Crippen LogP contribution in [0.25, 0.3) is 33.4 Å². The smallest absolute Gasteiger partial charge is 0.175 e. The Morgan fingerprint density at radius 3 is 2.57 bits per heavy atom. The predicted octanol–water partition coefficient (Wildman–Crippen LogP) is 5.35. The lowest BCUT2D eigenvalue weighted by Crippen LogP contribution is -1.83. The van der Waals surface area contributed by atoms with Crippen LogP contribution in [0.15, 0.2) is 65.4 Å². The van der Waals surface area contributed by atoms with E-state index in [4.69, 9.17) is 16.1 Å². The Hall–Kier alpha value is -2.72. The van der Waals surface area contributed by atoms with Crippen molar-refractivity contribution < 1.29 is 8.91 Å². The van der Waals surface area contributed by atoms with Crippen LogP contribution >= 0.6 is 11.6 Å². The average Bonchev–Trinajstić information content (AvgIpc) is 3.00. The highest BCUT2D eigenvalue weighted by molar-refractivity contribution is 6.33. The molecule has 0 spiro atoms. The summed E-state index contributed by atoms with van der Waals surface area (Å²) < 4.78 is 18.7. The molecular weight excluding hydrogens is 315 g/mol. The summed E-state index contributed by atoms with van der Waals surface area (Å²) >= 11 is 6.26. The molecule has 0 N–H and O–H groups in total. The molecule has 0 bridgehead atoms. The summed E-state index contributed by atoms with van der Waals surface area (Å²) in [6.45, 7) is 0. The molecule has 4 aromatic rings. The molecule has 0 saturated carbocycles. The van der Waals surface area contributed by atoms with E-state index < -0.39 is 0 Å². The first-order chi connectivity index (χ1) is 11.2.